The molecule has 18 heavy (non-hydrogen) atoms. The number of nitrogens with zero attached hydrogens (tertiary/aromatic N) is 1. The molecule has 1 saturated heterocycles. The second-order valence-corrected chi connectivity index (χ2v) is 4.19. The third-order valence-corrected chi connectivity index (χ3v) is 2.66. The predicted octanol–water partition coefficient (Wildman–Crippen LogP) is 0.394. The molecule has 1 aliphatic rings. The van der Waals surface area contributed by atoms with Gasteiger partial charge in [-0.25, -0.2) is 4.90 Å². The number of ether oxygens (including phenoxy) is 1. The van der Waals surface area contributed by atoms with Gasteiger partial charge in [0, 0.05) is 18.9 Å². The number of carbonyl (C=O) groups excluding carboxylic acids is 3. The van der Waals surface area contributed by atoms with Crippen molar-refractivity contribution in [3.8, 4) is 0 Å². The van der Waals surface area contributed by atoms with Crippen LogP contribution in [0.5, 0.6) is 0 Å². The number of imide groups is 1. The summed E-state index contributed by atoms with van der Waals surface area (Å²) in [5, 5.41) is 2.51. The summed E-state index contributed by atoms with van der Waals surface area (Å²) < 4.78 is 5.14. The molecule has 2 atom stereocenters. The van der Waals surface area contributed by atoms with Crippen LogP contribution >= 0.6 is 0 Å². The summed E-state index contributed by atoms with van der Waals surface area (Å²) in [6, 6.07) is 0. The van der Waals surface area contributed by atoms with Crippen LogP contribution in [-0.4, -0.2) is 35.5 Å². The van der Waals surface area contributed by atoms with E-state index in [0.717, 1.165) is 4.90 Å². The molecule has 0 radical (unpaired) electrons. The molecule has 2 unspecified atom stereocenters. The van der Waals surface area contributed by atoms with Crippen LogP contribution in [0.4, 0.5) is 0 Å². The Balaban J connectivity index is 2.67. The Morgan fingerprint density at radius 3 is 2.67 bits per heavy atom. The first-order valence-electron chi connectivity index (χ1n) is 5.86. The second-order valence-electron chi connectivity index (χ2n) is 4.19. The van der Waals surface area contributed by atoms with Gasteiger partial charge in [-0.3, -0.25) is 14.4 Å². The number of likely N-dealkylation sites (tertiary alicyclic amines) is 1. The first-order valence-corrected chi connectivity index (χ1v) is 5.86. The van der Waals surface area contributed by atoms with Crippen LogP contribution in [0.3, 0.4) is 0 Å². The molecule has 1 fully saturated rings. The van der Waals surface area contributed by atoms with E-state index in [-0.39, 0.29) is 18.0 Å². The van der Waals surface area contributed by atoms with Gasteiger partial charge in [-0.05, 0) is 13.8 Å². The smallest absolute Gasteiger partial charge is 0.269 e. The standard InChI is InChI=1S/C12H18N2O4/c1-5-18-9(4)13-11(16)8(3)14-10(15)6-7(2)12(14)17/h7,9H,3,5-6H2,1-2,4H3,(H,13,16). The summed E-state index contributed by atoms with van der Waals surface area (Å²) in [7, 11) is 0. The van der Waals surface area contributed by atoms with Gasteiger partial charge in [-0.15, -0.1) is 0 Å². The minimum atomic E-state index is -0.577. The maximum Gasteiger partial charge on any atom is 0.269 e. The van der Waals surface area contributed by atoms with Gasteiger partial charge in [0.05, 0.1) is 0 Å². The van der Waals surface area contributed by atoms with Gasteiger partial charge in [-0.2, -0.15) is 0 Å². The van der Waals surface area contributed by atoms with E-state index in [1.54, 1.807) is 20.8 Å². The lowest BCUT2D eigenvalue weighted by Crippen LogP contribution is -2.42. The maximum atomic E-state index is 11.8. The summed E-state index contributed by atoms with van der Waals surface area (Å²) in [5.74, 6) is -1.75. The van der Waals surface area contributed by atoms with Gasteiger partial charge < -0.3 is 10.1 Å². The van der Waals surface area contributed by atoms with Crippen LogP contribution in [0.25, 0.3) is 0 Å². The van der Waals surface area contributed by atoms with E-state index >= 15 is 0 Å². The molecule has 1 heterocycles. The fourth-order valence-electron chi connectivity index (χ4n) is 1.73. The van der Waals surface area contributed by atoms with Crippen LogP contribution in [0.1, 0.15) is 27.2 Å². The van der Waals surface area contributed by atoms with Crippen molar-refractivity contribution in [2.45, 2.75) is 33.4 Å². The lowest BCUT2D eigenvalue weighted by molar-refractivity contribution is -0.140. The van der Waals surface area contributed by atoms with Crippen molar-refractivity contribution in [3.63, 3.8) is 0 Å². The molecule has 0 aromatic carbocycles. The number of carbonyl (C=O) groups is 3. The molecule has 0 spiro atoms. The first-order chi connectivity index (χ1) is 8.38. The quantitative estimate of drug-likeness (QED) is 0.437. The van der Waals surface area contributed by atoms with Crippen molar-refractivity contribution in [2.24, 2.45) is 5.92 Å². The summed E-state index contributed by atoms with van der Waals surface area (Å²) in [4.78, 5) is 35.9. The van der Waals surface area contributed by atoms with Gasteiger partial charge in [0.25, 0.3) is 5.91 Å². The highest BCUT2D eigenvalue weighted by Crippen LogP contribution is 2.22. The topological polar surface area (TPSA) is 75.7 Å². The fraction of sp³-hybridized carbons (Fsp3) is 0.583. The number of hydrogen-bond donors (Lipinski definition) is 1. The van der Waals surface area contributed by atoms with E-state index in [2.05, 4.69) is 11.9 Å². The Hall–Kier alpha value is -1.69. The average molecular weight is 254 g/mol. The highest BCUT2D eigenvalue weighted by molar-refractivity contribution is 6.11. The second kappa shape index (κ2) is 5.77. The molecule has 1 N–H and O–H groups in total. The molecule has 3 amide bonds. The lowest BCUT2D eigenvalue weighted by Gasteiger charge is -2.19. The van der Waals surface area contributed by atoms with Crippen LogP contribution < -0.4 is 5.32 Å². The molecule has 0 aromatic heterocycles. The van der Waals surface area contributed by atoms with Gasteiger partial charge in [-0.1, -0.05) is 13.5 Å². The minimum Gasteiger partial charge on any atom is -0.359 e. The summed E-state index contributed by atoms with van der Waals surface area (Å²) in [5.41, 5.74) is -0.152. The van der Waals surface area contributed by atoms with E-state index in [0.29, 0.717) is 6.61 Å². The molecule has 0 aromatic rings. The number of hydrogen-bond acceptors (Lipinski definition) is 4. The third kappa shape index (κ3) is 2.95. The first kappa shape index (κ1) is 14.4. The van der Waals surface area contributed by atoms with Crippen LogP contribution in [0.2, 0.25) is 0 Å². The molecule has 6 nitrogen and oxygen atoms in total. The maximum absolute atomic E-state index is 11.8. The minimum absolute atomic E-state index is 0.117. The van der Waals surface area contributed by atoms with E-state index in [9.17, 15) is 14.4 Å². The zero-order valence-electron chi connectivity index (χ0n) is 10.9. The highest BCUT2D eigenvalue weighted by atomic mass is 16.5. The van der Waals surface area contributed by atoms with Crippen molar-refractivity contribution in [1.82, 2.24) is 10.2 Å². The molecular weight excluding hydrogens is 236 g/mol. The van der Waals surface area contributed by atoms with Crippen molar-refractivity contribution in [2.75, 3.05) is 6.61 Å². The molecule has 1 aliphatic heterocycles. The van der Waals surface area contributed by atoms with Crippen LogP contribution in [-0.2, 0) is 19.1 Å². The summed E-state index contributed by atoms with van der Waals surface area (Å²) in [6.45, 7) is 9.06. The van der Waals surface area contributed by atoms with Crippen LogP contribution in [0, 0.1) is 5.92 Å². The molecule has 6 heteroatoms. The van der Waals surface area contributed by atoms with E-state index in [1.165, 1.54) is 0 Å². The molecule has 1 rings (SSSR count). The van der Waals surface area contributed by atoms with Gasteiger partial charge in [0.15, 0.2) is 0 Å². The van der Waals surface area contributed by atoms with E-state index < -0.39 is 24.0 Å². The SMILES string of the molecule is C=C(C(=O)NC(C)OCC)N1C(=O)CC(C)C1=O. The number of nitrogens with one attached hydrogen (secondary N) is 1. The summed E-state index contributed by atoms with van der Waals surface area (Å²) in [6.07, 6.45) is -0.379. The molecule has 0 bridgehead atoms. The monoisotopic (exact) mass is 254 g/mol. The summed E-state index contributed by atoms with van der Waals surface area (Å²) >= 11 is 0. The molecule has 0 saturated carbocycles. The van der Waals surface area contributed by atoms with Crippen molar-refractivity contribution in [3.05, 3.63) is 12.3 Å². The molecule has 0 aliphatic carbocycles. The third-order valence-electron chi connectivity index (χ3n) is 2.66. The molecular formula is C12H18N2O4. The molecule has 100 valence electrons. The van der Waals surface area contributed by atoms with Gasteiger partial charge in [0.1, 0.15) is 11.9 Å². The Labute approximate surface area is 106 Å². The number of rotatable bonds is 5. The van der Waals surface area contributed by atoms with Crippen LogP contribution in [0.15, 0.2) is 12.3 Å². The van der Waals surface area contributed by atoms with Gasteiger partial charge >= 0.3 is 0 Å². The Bertz CT molecular complexity index is 392. The Kier molecular flexibility index (Phi) is 4.61. The Morgan fingerprint density at radius 1 is 1.61 bits per heavy atom. The van der Waals surface area contributed by atoms with Crippen molar-refractivity contribution >= 4 is 17.7 Å². The predicted molar refractivity (Wildman–Crippen MR) is 64.0 cm³/mol. The van der Waals surface area contributed by atoms with E-state index in [4.69, 9.17) is 4.74 Å². The number of amides is 3. The van der Waals surface area contributed by atoms with Crippen molar-refractivity contribution < 1.29 is 19.1 Å². The van der Waals surface area contributed by atoms with Gasteiger partial charge in [0.2, 0.25) is 11.8 Å². The lowest BCUT2D eigenvalue weighted by atomic mass is 10.1. The highest BCUT2D eigenvalue weighted by Gasteiger charge is 2.39. The largest absolute Gasteiger partial charge is 0.359 e. The zero-order valence-corrected chi connectivity index (χ0v) is 10.9. The Morgan fingerprint density at radius 2 is 2.22 bits per heavy atom. The fourth-order valence-corrected chi connectivity index (χ4v) is 1.73. The van der Waals surface area contributed by atoms with E-state index in [1.807, 2.05) is 0 Å². The normalized spacial score (nSPS) is 21.1. The average Bonchev–Trinajstić information content (AvgIpc) is 2.52. The zero-order chi connectivity index (χ0) is 13.9. The van der Waals surface area contributed by atoms with Crippen molar-refractivity contribution in [1.29, 1.82) is 0 Å².